The van der Waals surface area contributed by atoms with Crippen LogP contribution in [0.15, 0.2) is 35.3 Å². The van der Waals surface area contributed by atoms with Crippen molar-refractivity contribution in [3.05, 3.63) is 35.9 Å². The van der Waals surface area contributed by atoms with Crippen LogP contribution in [0.4, 0.5) is 0 Å². The maximum Gasteiger partial charge on any atom is 0.193 e. The van der Waals surface area contributed by atoms with Gasteiger partial charge in [0.2, 0.25) is 0 Å². The number of guanidine groups is 1. The van der Waals surface area contributed by atoms with Gasteiger partial charge in [0.05, 0.1) is 0 Å². The average Bonchev–Trinajstić information content (AvgIpc) is 3.04. The second-order valence-electron chi connectivity index (χ2n) is 6.64. The predicted molar refractivity (Wildman–Crippen MR) is 97.0 cm³/mol. The van der Waals surface area contributed by atoms with Crippen LogP contribution in [0, 0.1) is 5.92 Å². The number of nitrogens with zero attached hydrogens (tertiary/aromatic N) is 2. The van der Waals surface area contributed by atoms with Crippen LogP contribution in [-0.4, -0.2) is 50.8 Å². The second kappa shape index (κ2) is 9.56. The Morgan fingerprint density at radius 2 is 2.13 bits per heavy atom. The summed E-state index contributed by atoms with van der Waals surface area (Å²) in [6.45, 7) is 9.05. The van der Waals surface area contributed by atoms with E-state index >= 15 is 0 Å². The minimum absolute atomic E-state index is 0.607. The molecule has 0 aliphatic carbocycles. The summed E-state index contributed by atoms with van der Waals surface area (Å²) < 4.78 is 5.62. The monoisotopic (exact) mass is 317 g/mol. The number of aliphatic imine (C=N–C) groups is 1. The van der Waals surface area contributed by atoms with Crippen molar-refractivity contribution in [1.29, 1.82) is 0 Å². The Labute approximate surface area is 140 Å². The molecule has 1 aliphatic heterocycles. The highest BCUT2D eigenvalue weighted by Crippen LogP contribution is 2.26. The molecule has 2 rings (SSSR count). The van der Waals surface area contributed by atoms with Gasteiger partial charge in [-0.3, -0.25) is 4.99 Å². The van der Waals surface area contributed by atoms with E-state index in [1.54, 1.807) is 0 Å². The van der Waals surface area contributed by atoms with Crippen LogP contribution >= 0.6 is 0 Å². The molecule has 4 heteroatoms. The van der Waals surface area contributed by atoms with Crippen LogP contribution in [0.25, 0.3) is 0 Å². The van der Waals surface area contributed by atoms with Crippen molar-refractivity contribution in [2.45, 2.75) is 32.6 Å². The molecular weight excluding hydrogens is 286 g/mol. The van der Waals surface area contributed by atoms with E-state index in [2.05, 4.69) is 59.4 Å². The van der Waals surface area contributed by atoms with Gasteiger partial charge < -0.3 is 15.0 Å². The molecule has 1 atom stereocenters. The zero-order valence-electron chi connectivity index (χ0n) is 14.8. The van der Waals surface area contributed by atoms with Gasteiger partial charge >= 0.3 is 0 Å². The summed E-state index contributed by atoms with van der Waals surface area (Å²) in [6, 6.07) is 10.8. The first-order chi connectivity index (χ1) is 11.2. The van der Waals surface area contributed by atoms with Crippen molar-refractivity contribution < 1.29 is 4.74 Å². The highest BCUT2D eigenvalue weighted by molar-refractivity contribution is 5.80. The van der Waals surface area contributed by atoms with Crippen molar-refractivity contribution in [2.24, 2.45) is 10.9 Å². The highest BCUT2D eigenvalue weighted by atomic mass is 16.5. The van der Waals surface area contributed by atoms with Gasteiger partial charge in [-0.25, -0.2) is 0 Å². The first kappa shape index (κ1) is 17.8. The van der Waals surface area contributed by atoms with Gasteiger partial charge in [0, 0.05) is 45.8 Å². The Morgan fingerprint density at radius 1 is 1.35 bits per heavy atom. The standard InChI is InChI=1S/C19H31N3O/c1-16(2)15-23-13-7-11-21-19(20-3)22-12-10-18(14-22)17-8-5-4-6-9-17/h4-6,8-9,16,18H,7,10-15H2,1-3H3,(H,20,21). The van der Waals surface area contributed by atoms with E-state index in [0.717, 1.165) is 45.2 Å². The Kier molecular flexibility index (Phi) is 7.40. The van der Waals surface area contributed by atoms with Crippen LogP contribution in [0.2, 0.25) is 0 Å². The summed E-state index contributed by atoms with van der Waals surface area (Å²) >= 11 is 0. The van der Waals surface area contributed by atoms with Gasteiger partial charge in [-0.05, 0) is 24.3 Å². The van der Waals surface area contributed by atoms with Crippen molar-refractivity contribution >= 4 is 5.96 Å². The number of ether oxygens (including phenoxy) is 1. The normalized spacial score (nSPS) is 18.7. The van der Waals surface area contributed by atoms with Crippen LogP contribution in [0.5, 0.6) is 0 Å². The zero-order chi connectivity index (χ0) is 16.5. The predicted octanol–water partition coefficient (Wildman–Crippen LogP) is 3.11. The number of hydrogen-bond donors (Lipinski definition) is 1. The lowest BCUT2D eigenvalue weighted by Gasteiger charge is -2.22. The molecule has 1 fully saturated rings. The van der Waals surface area contributed by atoms with Gasteiger partial charge in [-0.2, -0.15) is 0 Å². The number of hydrogen-bond acceptors (Lipinski definition) is 2. The second-order valence-corrected chi connectivity index (χ2v) is 6.64. The molecule has 1 aliphatic rings. The fraction of sp³-hybridized carbons (Fsp3) is 0.632. The number of likely N-dealkylation sites (tertiary alicyclic amines) is 1. The molecule has 1 aromatic carbocycles. The van der Waals surface area contributed by atoms with Crippen LogP contribution in [0.1, 0.15) is 38.2 Å². The first-order valence-corrected chi connectivity index (χ1v) is 8.79. The third kappa shape index (κ3) is 5.87. The van der Waals surface area contributed by atoms with Crippen molar-refractivity contribution in [2.75, 3.05) is 39.9 Å². The summed E-state index contributed by atoms with van der Waals surface area (Å²) in [6.07, 6.45) is 2.21. The van der Waals surface area contributed by atoms with Gasteiger partial charge in [-0.1, -0.05) is 44.2 Å². The fourth-order valence-electron chi connectivity index (χ4n) is 2.98. The van der Waals surface area contributed by atoms with Crippen LogP contribution in [0.3, 0.4) is 0 Å². The van der Waals surface area contributed by atoms with Crippen LogP contribution in [-0.2, 0) is 4.74 Å². The van der Waals surface area contributed by atoms with E-state index in [0.29, 0.717) is 11.8 Å². The van der Waals surface area contributed by atoms with Crippen molar-refractivity contribution in [1.82, 2.24) is 10.2 Å². The Bertz CT molecular complexity index is 473. The van der Waals surface area contributed by atoms with Gasteiger partial charge in [0.15, 0.2) is 5.96 Å². The topological polar surface area (TPSA) is 36.9 Å². The zero-order valence-corrected chi connectivity index (χ0v) is 14.8. The molecule has 1 N–H and O–H groups in total. The quantitative estimate of drug-likeness (QED) is 0.477. The number of nitrogens with one attached hydrogen (secondary N) is 1. The van der Waals surface area contributed by atoms with E-state index in [1.165, 1.54) is 12.0 Å². The molecule has 1 heterocycles. The molecule has 0 radical (unpaired) electrons. The van der Waals surface area contributed by atoms with Crippen molar-refractivity contribution in [3.8, 4) is 0 Å². The minimum Gasteiger partial charge on any atom is -0.381 e. The lowest BCUT2D eigenvalue weighted by molar-refractivity contribution is 0.108. The molecule has 0 saturated carbocycles. The lowest BCUT2D eigenvalue weighted by Crippen LogP contribution is -2.40. The molecule has 0 spiro atoms. The molecule has 4 nitrogen and oxygen atoms in total. The summed E-state index contributed by atoms with van der Waals surface area (Å²) in [5.41, 5.74) is 1.44. The molecule has 0 bridgehead atoms. The summed E-state index contributed by atoms with van der Waals surface area (Å²) in [5.74, 6) is 2.24. The van der Waals surface area contributed by atoms with E-state index < -0.39 is 0 Å². The summed E-state index contributed by atoms with van der Waals surface area (Å²) in [5, 5.41) is 3.47. The van der Waals surface area contributed by atoms with E-state index in [4.69, 9.17) is 4.74 Å². The van der Waals surface area contributed by atoms with Gasteiger partial charge in [0.1, 0.15) is 0 Å². The molecule has 1 unspecified atom stereocenters. The third-order valence-corrected chi connectivity index (χ3v) is 4.17. The SMILES string of the molecule is CN=C(NCCCOCC(C)C)N1CCC(c2ccccc2)C1. The van der Waals surface area contributed by atoms with E-state index in [1.807, 2.05) is 7.05 Å². The molecular formula is C19H31N3O. The summed E-state index contributed by atoms with van der Waals surface area (Å²) in [4.78, 5) is 6.80. The maximum absolute atomic E-state index is 5.62. The third-order valence-electron chi connectivity index (χ3n) is 4.17. The molecule has 0 aromatic heterocycles. The largest absolute Gasteiger partial charge is 0.381 e. The summed E-state index contributed by atoms with van der Waals surface area (Å²) in [7, 11) is 1.87. The Balaban J connectivity index is 1.70. The maximum atomic E-state index is 5.62. The van der Waals surface area contributed by atoms with Gasteiger partial charge in [0.25, 0.3) is 0 Å². The number of rotatable bonds is 7. The molecule has 1 saturated heterocycles. The molecule has 0 amide bonds. The van der Waals surface area contributed by atoms with Crippen molar-refractivity contribution in [3.63, 3.8) is 0 Å². The van der Waals surface area contributed by atoms with E-state index in [-0.39, 0.29) is 0 Å². The molecule has 1 aromatic rings. The van der Waals surface area contributed by atoms with Crippen LogP contribution < -0.4 is 5.32 Å². The first-order valence-electron chi connectivity index (χ1n) is 8.79. The Morgan fingerprint density at radius 3 is 2.83 bits per heavy atom. The smallest absolute Gasteiger partial charge is 0.193 e. The highest BCUT2D eigenvalue weighted by Gasteiger charge is 2.25. The number of benzene rings is 1. The molecule has 23 heavy (non-hydrogen) atoms. The Hall–Kier alpha value is -1.55. The fourth-order valence-corrected chi connectivity index (χ4v) is 2.98. The average molecular weight is 317 g/mol. The lowest BCUT2D eigenvalue weighted by atomic mass is 9.99. The minimum atomic E-state index is 0.607. The molecule has 128 valence electrons. The van der Waals surface area contributed by atoms with E-state index in [9.17, 15) is 0 Å². The van der Waals surface area contributed by atoms with Gasteiger partial charge in [-0.15, -0.1) is 0 Å².